The maximum absolute atomic E-state index is 4.08. The largest absolute Gasteiger partial charge is 4.00 e. The van der Waals surface area contributed by atoms with Crippen LogP contribution in [-0.4, -0.2) is 31.3 Å². The van der Waals surface area contributed by atoms with Crippen molar-refractivity contribution in [3.63, 3.8) is 0 Å². The molecule has 96 heavy (non-hydrogen) atoms. The predicted octanol–water partition coefficient (Wildman–Crippen LogP) is 19.6. The quantitative estimate of drug-likeness (QED) is 0.112. The van der Waals surface area contributed by atoms with Crippen molar-refractivity contribution in [2.45, 2.75) is 70.9 Å². The molecule has 9 heteroatoms. The van der Waals surface area contributed by atoms with Gasteiger partial charge in [0.15, 0.2) is 0 Å². The zero-order valence-electron chi connectivity index (χ0n) is 55.6. The van der Waals surface area contributed by atoms with E-state index in [0.29, 0.717) is 0 Å². The minimum absolute atomic E-state index is 0. The number of rotatable bonds is 8. The molecule has 3 aliphatic rings. The first-order valence-corrected chi connectivity index (χ1v) is 35.6. The van der Waals surface area contributed by atoms with Crippen molar-refractivity contribution in [2.75, 3.05) is 33.7 Å². The summed E-state index contributed by atoms with van der Waals surface area (Å²) in [5.74, 6) is 0. The van der Waals surface area contributed by atoms with Gasteiger partial charge in [-0.2, -0.15) is 144 Å². The summed E-state index contributed by atoms with van der Waals surface area (Å²) in [4.78, 5) is 8.97. The fourth-order valence-electron chi connectivity index (χ4n) is 14.8. The van der Waals surface area contributed by atoms with E-state index in [9.17, 15) is 0 Å². The van der Waals surface area contributed by atoms with E-state index in [1.807, 2.05) is 24.3 Å². The predicted molar refractivity (Wildman–Crippen MR) is 395 cm³/mol. The molecule has 0 unspecified atom stereocenters. The van der Waals surface area contributed by atoms with Gasteiger partial charge < -0.3 is 28.7 Å². The van der Waals surface area contributed by atoms with Crippen molar-refractivity contribution in [2.24, 2.45) is 0 Å². The molecule has 0 amide bonds. The number of anilines is 6. The standard InChI is InChI=1S/C49H37N3.C38H35N3Si.2Pt/c1-48(2,3)34-28-35(30-37(29-34)51-32-50(4)46-24-14-15-25-47(46)51)49(42-21-11-8-18-38(42)39-19-9-12-22-43(39)49)33-26-27-45-41(31-33)40-20-10-13-23-44(40)52(45)36-16-6-5-7-17-36;1-38(2,3)27-22-29(40-26-39(4)36-18-12-13-19-37(36)40)24-31(23-27)42(5,6)30-20-21-35-33(25-30)32-16-10-11-17-34(32)41(35)28-14-8-7-9-15-28;;/h5-16,18-25,27-29,31-32H,1-4H3;7-14,16-19,21-23,25-26H,1-6H3;;/q2*-4;2*+4. The third-order valence-corrected chi connectivity index (χ3v) is 23.0. The van der Waals surface area contributed by atoms with Crippen LogP contribution in [0.1, 0.15) is 74.9 Å². The molecule has 0 radical (unpaired) electrons. The fourth-order valence-corrected chi connectivity index (χ4v) is 16.9. The maximum Gasteiger partial charge on any atom is 4.00 e. The van der Waals surface area contributed by atoms with Gasteiger partial charge in [0, 0.05) is 39.2 Å². The monoisotopic (exact) mass is 1620 g/mol. The van der Waals surface area contributed by atoms with Gasteiger partial charge in [-0.05, 0) is 94.3 Å². The van der Waals surface area contributed by atoms with Crippen LogP contribution in [0.15, 0.2) is 243 Å². The number of hydrogen-bond acceptors (Lipinski definition) is 4. The van der Waals surface area contributed by atoms with Gasteiger partial charge in [0.05, 0.1) is 8.07 Å². The second-order valence-corrected chi connectivity index (χ2v) is 32.3. The minimum atomic E-state index is -2.21. The topological polar surface area (TPSA) is 22.8 Å². The van der Waals surface area contributed by atoms with Crippen LogP contribution in [-0.2, 0) is 58.4 Å². The molecule has 14 aromatic rings. The summed E-state index contributed by atoms with van der Waals surface area (Å²) in [6.45, 7) is 23.0. The summed E-state index contributed by atoms with van der Waals surface area (Å²) < 4.78 is 4.62. The van der Waals surface area contributed by atoms with Crippen LogP contribution >= 0.6 is 0 Å². The third kappa shape index (κ3) is 10.5. The van der Waals surface area contributed by atoms with Gasteiger partial charge in [-0.1, -0.05) is 186 Å². The Morgan fingerprint density at radius 1 is 0.375 bits per heavy atom. The van der Waals surface area contributed by atoms with E-state index < -0.39 is 13.5 Å². The third-order valence-electron chi connectivity index (χ3n) is 19.8. The Balaban J connectivity index is 0.000000165. The van der Waals surface area contributed by atoms with E-state index in [2.05, 4.69) is 366 Å². The van der Waals surface area contributed by atoms with Crippen molar-refractivity contribution >= 4 is 96.2 Å². The molecule has 0 atom stereocenters. The minimum Gasteiger partial charge on any atom is -0.504 e. The van der Waals surface area contributed by atoms with E-state index in [1.165, 1.54) is 87.9 Å². The first-order chi connectivity index (χ1) is 45.5. The van der Waals surface area contributed by atoms with Gasteiger partial charge in [0.2, 0.25) is 0 Å². The van der Waals surface area contributed by atoms with Crippen LogP contribution < -0.4 is 30.0 Å². The van der Waals surface area contributed by atoms with E-state index >= 15 is 0 Å². The summed E-state index contributed by atoms with van der Waals surface area (Å²) in [6.07, 6.45) is 0. The van der Waals surface area contributed by atoms with E-state index in [4.69, 9.17) is 0 Å². The van der Waals surface area contributed by atoms with Gasteiger partial charge in [-0.25, -0.2) is 0 Å². The first kappa shape index (κ1) is 64.4. The van der Waals surface area contributed by atoms with Gasteiger partial charge in [-0.3, -0.25) is 0 Å². The number of nitrogens with zero attached hydrogens (tertiary/aromatic N) is 6. The van der Waals surface area contributed by atoms with Crippen molar-refractivity contribution in [1.82, 2.24) is 9.13 Å². The SMILES string of the molecule is CN1[CH-]N(c2[c-]c(C3(c4[c-]cc5c(c4)c4ccccc4n5-c4[c-]cccc4)c4ccccc4-c4ccccc43)cc(C(C)(C)C)c2)c2ccccc21.CN1[CH-]N(c2[c-]c([Si](C)(C)c3[c-]cc4c(c3)c3ccccc3n4-c3[c-]cccc3)cc(C(C)(C)C)c2)c2ccccc21.[Pt+4].[Pt+4]. The average Bonchev–Trinajstić information content (AvgIpc) is 1.51. The molecule has 0 fully saturated rings. The van der Waals surface area contributed by atoms with Gasteiger partial charge in [0.25, 0.3) is 0 Å². The molecular weight excluding hydrogens is 1550 g/mol. The number of benzene rings is 12. The smallest absolute Gasteiger partial charge is 0.504 e. The summed E-state index contributed by atoms with van der Waals surface area (Å²) in [5.41, 5.74) is 22.5. The first-order valence-electron chi connectivity index (χ1n) is 32.6. The molecule has 1 aliphatic carbocycles. The Labute approximate surface area is 595 Å². The second kappa shape index (κ2) is 24.6. The summed E-state index contributed by atoms with van der Waals surface area (Å²) in [6, 6.07) is 110. The molecule has 0 saturated heterocycles. The second-order valence-electron chi connectivity index (χ2n) is 28.0. The van der Waals surface area contributed by atoms with E-state index in [1.54, 1.807) is 0 Å². The van der Waals surface area contributed by atoms with Crippen molar-refractivity contribution in [1.29, 1.82) is 0 Å². The zero-order valence-corrected chi connectivity index (χ0v) is 61.1. The molecule has 0 bridgehead atoms. The normalized spacial score (nSPS) is 13.9. The molecular formula is C87H72N6Pt2Si. The molecule has 0 saturated carbocycles. The molecule has 474 valence electrons. The van der Waals surface area contributed by atoms with E-state index in [0.717, 1.165) is 56.1 Å². The molecule has 2 aliphatic heterocycles. The molecule has 12 aromatic carbocycles. The Kier molecular flexibility index (Phi) is 16.5. The van der Waals surface area contributed by atoms with Crippen LogP contribution in [0.4, 0.5) is 34.1 Å². The van der Waals surface area contributed by atoms with Crippen LogP contribution in [0.3, 0.4) is 0 Å². The Hall–Kier alpha value is -8.97. The van der Waals surface area contributed by atoms with Crippen LogP contribution in [0, 0.1) is 49.7 Å². The van der Waals surface area contributed by atoms with Gasteiger partial charge in [-0.15, -0.1) is 57.5 Å². The van der Waals surface area contributed by atoms with Crippen molar-refractivity contribution in [3.05, 3.63) is 326 Å². The summed E-state index contributed by atoms with van der Waals surface area (Å²) in [5, 5.41) is 7.49. The number of fused-ring (bicyclic) bond motifs is 11. The number of hydrogen-bond donors (Lipinski definition) is 0. The Bertz CT molecular complexity index is 5240. The van der Waals surface area contributed by atoms with Gasteiger partial charge >= 0.3 is 42.1 Å². The molecule has 17 rings (SSSR count). The molecule has 4 heterocycles. The van der Waals surface area contributed by atoms with Gasteiger partial charge in [0.1, 0.15) is 0 Å². The Morgan fingerprint density at radius 3 is 1.32 bits per heavy atom. The molecule has 0 spiro atoms. The van der Waals surface area contributed by atoms with Crippen LogP contribution in [0.25, 0.3) is 66.1 Å². The molecule has 6 nitrogen and oxygen atoms in total. The van der Waals surface area contributed by atoms with Crippen molar-refractivity contribution < 1.29 is 42.1 Å². The molecule has 0 N–H and O–H groups in total. The Morgan fingerprint density at radius 2 is 0.812 bits per heavy atom. The zero-order chi connectivity index (χ0) is 64.4. The summed E-state index contributed by atoms with van der Waals surface area (Å²) >= 11 is 0. The maximum atomic E-state index is 4.08. The van der Waals surface area contributed by atoms with Crippen molar-refractivity contribution in [3.8, 4) is 22.5 Å². The number of para-hydroxylation sites is 8. The van der Waals surface area contributed by atoms with E-state index in [-0.39, 0.29) is 53.0 Å². The number of aromatic nitrogens is 2. The summed E-state index contributed by atoms with van der Waals surface area (Å²) in [7, 11) is 2.01. The fraction of sp³-hybridized carbons (Fsp3) is 0.149. The van der Waals surface area contributed by atoms with Crippen LogP contribution in [0.5, 0.6) is 0 Å². The van der Waals surface area contributed by atoms with Crippen LogP contribution in [0.2, 0.25) is 13.1 Å². The average molecular weight is 1620 g/mol. The molecule has 2 aromatic heterocycles.